The molecule has 1 aromatic rings. The first-order valence-electron chi connectivity index (χ1n) is 3.38. The highest BCUT2D eigenvalue weighted by Gasteiger charge is 2.13. The average molecular weight is 263 g/mol. The molecule has 0 saturated carbocycles. The molecule has 0 bridgehead atoms. The van der Waals surface area contributed by atoms with Gasteiger partial charge in [0.2, 0.25) is 0 Å². The largest absolute Gasteiger partial charge is 0.222 e. The Bertz CT molecular complexity index is 416. The fourth-order valence-electron chi connectivity index (χ4n) is 0.820. The van der Waals surface area contributed by atoms with E-state index in [1.54, 1.807) is 12.1 Å². The maximum atomic E-state index is 11.3. The van der Waals surface area contributed by atoms with E-state index >= 15 is 0 Å². The van der Waals surface area contributed by atoms with Crippen molar-refractivity contribution in [3.63, 3.8) is 0 Å². The van der Waals surface area contributed by atoms with Crippen LogP contribution in [-0.4, -0.2) is 14.3 Å². The average Bonchev–Trinajstić information content (AvgIpc) is 2.04. The fraction of sp³-hybridized carbons (Fsp3) is 0.143. The van der Waals surface area contributed by atoms with Crippen molar-refractivity contribution in [2.24, 2.45) is 5.11 Å². The summed E-state index contributed by atoms with van der Waals surface area (Å²) in [7, 11) is -3.42. The zero-order chi connectivity index (χ0) is 9.90. The number of sulfone groups is 1. The third kappa shape index (κ3) is 2.60. The van der Waals surface area contributed by atoms with Gasteiger partial charge >= 0.3 is 0 Å². The topological polar surface area (TPSA) is 70.3 Å². The van der Waals surface area contributed by atoms with Crippen LogP contribution in [0.15, 0.2) is 38.7 Å². The number of rotatable bonds is 3. The maximum absolute atomic E-state index is 11.3. The predicted molar refractivity (Wildman–Crippen MR) is 51.3 cm³/mol. The normalized spacial score (nSPS) is 11.2. The SMILES string of the molecule is N=NCS(=O)(=O)c1cccc(Br)c1. The molecule has 0 radical (unpaired) electrons. The number of benzene rings is 1. The summed E-state index contributed by atoms with van der Waals surface area (Å²) in [4.78, 5) is 0.179. The number of halogens is 1. The Morgan fingerprint density at radius 2 is 2.15 bits per heavy atom. The Morgan fingerprint density at radius 1 is 1.46 bits per heavy atom. The summed E-state index contributed by atoms with van der Waals surface area (Å²) in [6.07, 6.45) is 0. The van der Waals surface area contributed by atoms with Crippen LogP contribution in [0.25, 0.3) is 0 Å². The molecule has 1 rings (SSSR count). The molecule has 0 spiro atoms. The quantitative estimate of drug-likeness (QED) is 0.849. The van der Waals surface area contributed by atoms with E-state index in [-0.39, 0.29) is 4.90 Å². The van der Waals surface area contributed by atoms with Crippen LogP contribution >= 0.6 is 15.9 Å². The standard InChI is InChI=1S/C7H7BrN2O2S/c8-6-2-1-3-7(4-6)13(11,12)5-10-9/h1-4,9H,5H2. The van der Waals surface area contributed by atoms with E-state index in [2.05, 4.69) is 21.0 Å². The van der Waals surface area contributed by atoms with E-state index in [1.165, 1.54) is 12.1 Å². The molecule has 0 amide bonds. The second kappa shape index (κ2) is 3.97. The highest BCUT2D eigenvalue weighted by atomic mass is 79.9. The van der Waals surface area contributed by atoms with Crippen LogP contribution in [0.5, 0.6) is 0 Å². The Labute approximate surface area is 84.5 Å². The molecule has 0 heterocycles. The molecule has 1 aromatic carbocycles. The van der Waals surface area contributed by atoms with Gasteiger partial charge in [0.05, 0.1) is 4.90 Å². The van der Waals surface area contributed by atoms with Crippen LogP contribution in [0.4, 0.5) is 0 Å². The van der Waals surface area contributed by atoms with E-state index in [0.717, 1.165) is 0 Å². The zero-order valence-electron chi connectivity index (χ0n) is 6.57. The number of nitrogens with one attached hydrogen (secondary N) is 1. The Hall–Kier alpha value is -0.750. The summed E-state index contributed by atoms with van der Waals surface area (Å²) in [5.74, 6) is -0.497. The summed E-state index contributed by atoms with van der Waals surface area (Å²) >= 11 is 3.16. The maximum Gasteiger partial charge on any atom is 0.200 e. The molecule has 0 aliphatic carbocycles. The zero-order valence-corrected chi connectivity index (χ0v) is 8.97. The Kier molecular flexibility index (Phi) is 3.16. The van der Waals surface area contributed by atoms with Gasteiger partial charge in [-0.2, -0.15) is 5.11 Å². The summed E-state index contributed by atoms with van der Waals surface area (Å²) in [6.45, 7) is 0. The lowest BCUT2D eigenvalue weighted by atomic mass is 10.4. The van der Waals surface area contributed by atoms with Crippen molar-refractivity contribution < 1.29 is 8.42 Å². The first-order valence-corrected chi connectivity index (χ1v) is 5.82. The summed E-state index contributed by atoms with van der Waals surface area (Å²) in [5.41, 5.74) is 6.50. The lowest BCUT2D eigenvalue weighted by Gasteiger charge is -1.99. The molecule has 1 N–H and O–H groups in total. The third-order valence-electron chi connectivity index (χ3n) is 1.39. The lowest BCUT2D eigenvalue weighted by Crippen LogP contribution is -2.03. The second-order valence-corrected chi connectivity index (χ2v) is 5.23. The molecular formula is C7H7BrN2O2S. The van der Waals surface area contributed by atoms with Crippen molar-refractivity contribution in [2.75, 3.05) is 5.88 Å². The minimum Gasteiger partial charge on any atom is -0.222 e. The number of hydrogen-bond acceptors (Lipinski definition) is 4. The first-order chi connectivity index (χ1) is 6.06. The Balaban J connectivity index is 3.15. The second-order valence-electron chi connectivity index (χ2n) is 2.36. The van der Waals surface area contributed by atoms with E-state index in [4.69, 9.17) is 5.53 Å². The van der Waals surface area contributed by atoms with Gasteiger partial charge in [-0.3, -0.25) is 0 Å². The van der Waals surface area contributed by atoms with Crippen LogP contribution in [0.2, 0.25) is 0 Å². The van der Waals surface area contributed by atoms with Crippen LogP contribution in [-0.2, 0) is 9.84 Å². The van der Waals surface area contributed by atoms with Gasteiger partial charge in [0.15, 0.2) is 15.7 Å². The van der Waals surface area contributed by atoms with E-state index in [0.29, 0.717) is 4.47 Å². The van der Waals surface area contributed by atoms with Crippen molar-refractivity contribution in [1.29, 1.82) is 5.53 Å². The van der Waals surface area contributed by atoms with Crippen molar-refractivity contribution in [3.8, 4) is 0 Å². The lowest BCUT2D eigenvalue weighted by molar-refractivity contribution is 0.595. The number of hydrogen-bond donors (Lipinski definition) is 1. The highest BCUT2D eigenvalue weighted by molar-refractivity contribution is 9.10. The van der Waals surface area contributed by atoms with E-state index in [1.807, 2.05) is 0 Å². The van der Waals surface area contributed by atoms with Crippen LogP contribution < -0.4 is 0 Å². The molecule has 70 valence electrons. The predicted octanol–water partition coefficient (Wildman–Crippen LogP) is 2.21. The minimum absolute atomic E-state index is 0.179. The van der Waals surface area contributed by atoms with Gasteiger partial charge in [0.25, 0.3) is 0 Å². The van der Waals surface area contributed by atoms with Gasteiger partial charge in [0.1, 0.15) is 0 Å². The van der Waals surface area contributed by atoms with Crippen LogP contribution in [0.3, 0.4) is 0 Å². The van der Waals surface area contributed by atoms with Crippen molar-refractivity contribution in [3.05, 3.63) is 28.7 Å². The Morgan fingerprint density at radius 3 is 2.69 bits per heavy atom. The molecule has 0 fully saturated rings. The summed E-state index contributed by atoms with van der Waals surface area (Å²) < 4.78 is 23.4. The van der Waals surface area contributed by atoms with Gasteiger partial charge in [-0.05, 0) is 18.2 Å². The van der Waals surface area contributed by atoms with Gasteiger partial charge < -0.3 is 0 Å². The molecule has 0 unspecified atom stereocenters. The van der Waals surface area contributed by atoms with Gasteiger partial charge in [-0.25, -0.2) is 13.9 Å². The molecule has 4 nitrogen and oxygen atoms in total. The molecule has 0 atom stereocenters. The summed E-state index contributed by atoms with van der Waals surface area (Å²) in [5, 5.41) is 2.86. The molecule has 6 heteroatoms. The first kappa shape index (κ1) is 10.3. The fourth-order valence-corrected chi connectivity index (χ4v) is 2.28. The smallest absolute Gasteiger partial charge is 0.200 e. The molecular weight excluding hydrogens is 256 g/mol. The monoisotopic (exact) mass is 262 g/mol. The van der Waals surface area contributed by atoms with Crippen molar-refractivity contribution in [2.45, 2.75) is 4.90 Å². The molecule has 0 saturated heterocycles. The molecule has 0 aliphatic heterocycles. The van der Waals surface area contributed by atoms with Crippen LogP contribution in [0, 0.1) is 5.53 Å². The molecule has 0 aliphatic rings. The highest BCUT2D eigenvalue weighted by Crippen LogP contribution is 2.17. The van der Waals surface area contributed by atoms with Gasteiger partial charge in [-0.15, -0.1) is 0 Å². The van der Waals surface area contributed by atoms with E-state index in [9.17, 15) is 8.42 Å². The molecule has 0 aromatic heterocycles. The number of nitrogens with zero attached hydrogens (tertiary/aromatic N) is 1. The van der Waals surface area contributed by atoms with E-state index < -0.39 is 15.7 Å². The summed E-state index contributed by atoms with van der Waals surface area (Å²) in [6, 6.07) is 6.32. The van der Waals surface area contributed by atoms with Gasteiger partial charge in [-0.1, -0.05) is 22.0 Å². The van der Waals surface area contributed by atoms with Crippen molar-refractivity contribution in [1.82, 2.24) is 0 Å². The van der Waals surface area contributed by atoms with Gasteiger partial charge in [0, 0.05) is 4.47 Å². The molecule has 13 heavy (non-hydrogen) atoms. The van der Waals surface area contributed by atoms with Crippen LogP contribution in [0.1, 0.15) is 0 Å². The van der Waals surface area contributed by atoms with Crippen molar-refractivity contribution >= 4 is 25.8 Å². The third-order valence-corrected chi connectivity index (χ3v) is 3.32. The minimum atomic E-state index is -3.42.